The maximum Gasteiger partial charge on any atom is 0.269 e. The van der Waals surface area contributed by atoms with Gasteiger partial charge in [-0.3, -0.25) is 15.1 Å². The summed E-state index contributed by atoms with van der Waals surface area (Å²) in [4.78, 5) is 14.0. The van der Waals surface area contributed by atoms with Crippen molar-refractivity contribution in [3.05, 3.63) is 39.9 Å². The van der Waals surface area contributed by atoms with Gasteiger partial charge in [0.2, 0.25) is 0 Å². The van der Waals surface area contributed by atoms with E-state index in [0.29, 0.717) is 12.5 Å². The Morgan fingerprint density at radius 2 is 2.00 bits per heavy atom. The zero-order valence-corrected chi connectivity index (χ0v) is 12.0. The van der Waals surface area contributed by atoms with Crippen molar-refractivity contribution < 1.29 is 4.92 Å². The van der Waals surface area contributed by atoms with Crippen LogP contribution < -0.4 is 10.6 Å². The number of aliphatic imine (C=N–C) groups is 1. The highest BCUT2D eigenvalue weighted by atomic mass is 127. The van der Waals surface area contributed by atoms with Crippen molar-refractivity contribution in [2.75, 3.05) is 14.1 Å². The molecule has 0 atom stereocenters. The first kappa shape index (κ1) is 15.6. The number of rotatable bonds is 3. The van der Waals surface area contributed by atoms with Crippen molar-refractivity contribution in [3.63, 3.8) is 0 Å². The number of non-ortho nitro benzene ring substituents is 1. The summed E-state index contributed by atoms with van der Waals surface area (Å²) in [5.41, 5.74) is 1.06. The maximum absolute atomic E-state index is 10.4. The zero-order valence-electron chi connectivity index (χ0n) is 9.64. The molecule has 0 saturated heterocycles. The minimum Gasteiger partial charge on any atom is -0.359 e. The van der Waals surface area contributed by atoms with Gasteiger partial charge in [0.15, 0.2) is 5.96 Å². The SMILES string of the molecule is CN=C(NC)NCc1ccc([N+](=O)[O-])cc1.I. The number of nitrogens with zero attached hydrogens (tertiary/aromatic N) is 2. The third kappa shape index (κ3) is 4.98. The molecule has 1 aromatic carbocycles. The summed E-state index contributed by atoms with van der Waals surface area (Å²) >= 11 is 0. The molecule has 0 aliphatic carbocycles. The molecule has 2 N–H and O–H groups in total. The topological polar surface area (TPSA) is 79.6 Å². The van der Waals surface area contributed by atoms with E-state index in [1.807, 2.05) is 0 Å². The monoisotopic (exact) mass is 350 g/mol. The van der Waals surface area contributed by atoms with E-state index in [9.17, 15) is 10.1 Å². The predicted molar refractivity (Wildman–Crippen MR) is 77.8 cm³/mol. The number of nitro benzene ring substituents is 1. The Labute approximate surface area is 117 Å². The molecule has 7 heteroatoms. The molecule has 0 bridgehead atoms. The zero-order chi connectivity index (χ0) is 12.0. The van der Waals surface area contributed by atoms with Crippen molar-refractivity contribution in [3.8, 4) is 0 Å². The second-order valence-corrected chi connectivity index (χ2v) is 3.10. The van der Waals surface area contributed by atoms with Crippen LogP contribution in [0, 0.1) is 10.1 Å². The fourth-order valence-corrected chi connectivity index (χ4v) is 1.20. The Balaban J connectivity index is 0.00000256. The molecule has 0 unspecified atom stereocenters. The van der Waals surface area contributed by atoms with Gasteiger partial charge in [-0.2, -0.15) is 0 Å². The smallest absolute Gasteiger partial charge is 0.269 e. The molecule has 0 spiro atoms. The van der Waals surface area contributed by atoms with Crippen LogP contribution in [-0.4, -0.2) is 25.0 Å². The molecule has 0 radical (unpaired) electrons. The highest BCUT2D eigenvalue weighted by molar-refractivity contribution is 14.0. The number of benzene rings is 1. The number of hydrogen-bond donors (Lipinski definition) is 2. The lowest BCUT2D eigenvalue weighted by Gasteiger charge is -2.07. The van der Waals surface area contributed by atoms with Gasteiger partial charge in [-0.1, -0.05) is 12.1 Å². The number of nitrogens with one attached hydrogen (secondary N) is 2. The fourth-order valence-electron chi connectivity index (χ4n) is 1.20. The molecule has 17 heavy (non-hydrogen) atoms. The molecular formula is C10H15IN4O2. The summed E-state index contributed by atoms with van der Waals surface area (Å²) in [6, 6.07) is 6.40. The van der Waals surface area contributed by atoms with E-state index in [2.05, 4.69) is 15.6 Å². The molecule has 94 valence electrons. The van der Waals surface area contributed by atoms with Crippen LogP contribution in [0.1, 0.15) is 5.56 Å². The molecule has 6 nitrogen and oxygen atoms in total. The molecular weight excluding hydrogens is 335 g/mol. The van der Waals surface area contributed by atoms with Crippen molar-refractivity contribution in [1.82, 2.24) is 10.6 Å². The summed E-state index contributed by atoms with van der Waals surface area (Å²) in [5, 5.41) is 16.4. The first-order valence-electron chi connectivity index (χ1n) is 4.79. The summed E-state index contributed by atoms with van der Waals surface area (Å²) in [6.45, 7) is 0.575. The molecule has 0 aromatic heterocycles. The van der Waals surface area contributed by atoms with E-state index < -0.39 is 4.92 Å². The van der Waals surface area contributed by atoms with Gasteiger partial charge in [0.1, 0.15) is 0 Å². The Hall–Kier alpha value is -1.38. The minimum absolute atomic E-state index is 0. The lowest BCUT2D eigenvalue weighted by atomic mass is 10.2. The fraction of sp³-hybridized carbons (Fsp3) is 0.300. The average Bonchev–Trinajstić information content (AvgIpc) is 2.31. The van der Waals surface area contributed by atoms with E-state index in [1.165, 1.54) is 12.1 Å². The van der Waals surface area contributed by atoms with Crippen molar-refractivity contribution in [1.29, 1.82) is 0 Å². The lowest BCUT2D eigenvalue weighted by Crippen LogP contribution is -2.34. The average molecular weight is 350 g/mol. The van der Waals surface area contributed by atoms with Crippen LogP contribution in [0.5, 0.6) is 0 Å². The first-order chi connectivity index (χ1) is 7.67. The second-order valence-electron chi connectivity index (χ2n) is 3.10. The molecule has 0 aliphatic heterocycles. The third-order valence-corrected chi connectivity index (χ3v) is 2.07. The molecule has 0 amide bonds. The van der Waals surface area contributed by atoms with E-state index in [1.54, 1.807) is 26.2 Å². The van der Waals surface area contributed by atoms with Gasteiger partial charge < -0.3 is 10.6 Å². The lowest BCUT2D eigenvalue weighted by molar-refractivity contribution is -0.384. The Kier molecular flexibility index (Phi) is 7.19. The van der Waals surface area contributed by atoms with Crippen LogP contribution in [0.2, 0.25) is 0 Å². The summed E-state index contributed by atoms with van der Waals surface area (Å²) in [7, 11) is 3.44. The van der Waals surface area contributed by atoms with Gasteiger partial charge in [0.05, 0.1) is 4.92 Å². The van der Waals surface area contributed by atoms with Crippen LogP contribution in [0.25, 0.3) is 0 Å². The summed E-state index contributed by atoms with van der Waals surface area (Å²) in [6.07, 6.45) is 0. The van der Waals surface area contributed by atoms with Crippen molar-refractivity contribution >= 4 is 35.6 Å². The molecule has 0 fully saturated rings. The Morgan fingerprint density at radius 1 is 1.41 bits per heavy atom. The van der Waals surface area contributed by atoms with E-state index >= 15 is 0 Å². The Bertz CT molecular complexity index is 392. The minimum atomic E-state index is -0.413. The van der Waals surface area contributed by atoms with Crippen LogP contribution in [-0.2, 0) is 6.54 Å². The molecule has 1 aromatic rings. The van der Waals surface area contributed by atoms with Gasteiger partial charge in [0.25, 0.3) is 5.69 Å². The van der Waals surface area contributed by atoms with Crippen molar-refractivity contribution in [2.24, 2.45) is 4.99 Å². The van der Waals surface area contributed by atoms with Gasteiger partial charge in [-0.05, 0) is 5.56 Å². The van der Waals surface area contributed by atoms with E-state index in [0.717, 1.165) is 5.56 Å². The summed E-state index contributed by atoms with van der Waals surface area (Å²) < 4.78 is 0. The quantitative estimate of drug-likeness (QED) is 0.285. The van der Waals surface area contributed by atoms with Gasteiger partial charge in [-0.25, -0.2) is 0 Å². The van der Waals surface area contributed by atoms with E-state index in [-0.39, 0.29) is 29.7 Å². The molecule has 0 aliphatic rings. The maximum atomic E-state index is 10.4. The van der Waals surface area contributed by atoms with Crippen molar-refractivity contribution in [2.45, 2.75) is 6.54 Å². The number of nitro groups is 1. The molecule has 0 heterocycles. The van der Waals surface area contributed by atoms with Gasteiger partial charge in [-0.15, -0.1) is 24.0 Å². The number of halogens is 1. The van der Waals surface area contributed by atoms with Crippen LogP contribution in [0.4, 0.5) is 5.69 Å². The second kappa shape index (κ2) is 7.82. The normalized spacial score (nSPS) is 10.4. The number of hydrogen-bond acceptors (Lipinski definition) is 3. The first-order valence-corrected chi connectivity index (χ1v) is 4.79. The summed E-state index contributed by atoms with van der Waals surface area (Å²) in [5.74, 6) is 0.679. The van der Waals surface area contributed by atoms with E-state index in [4.69, 9.17) is 0 Å². The molecule has 0 saturated carbocycles. The number of guanidine groups is 1. The van der Waals surface area contributed by atoms with Crippen LogP contribution in [0.15, 0.2) is 29.3 Å². The Morgan fingerprint density at radius 3 is 2.41 bits per heavy atom. The van der Waals surface area contributed by atoms with Crippen LogP contribution in [0.3, 0.4) is 0 Å². The van der Waals surface area contributed by atoms with Gasteiger partial charge >= 0.3 is 0 Å². The van der Waals surface area contributed by atoms with Crippen LogP contribution >= 0.6 is 24.0 Å². The third-order valence-electron chi connectivity index (χ3n) is 2.07. The predicted octanol–water partition coefficient (Wildman–Crippen LogP) is 1.51. The molecule has 1 rings (SSSR count). The highest BCUT2D eigenvalue weighted by Crippen LogP contribution is 2.11. The largest absolute Gasteiger partial charge is 0.359 e. The van der Waals surface area contributed by atoms with Gasteiger partial charge in [0, 0.05) is 32.8 Å². The highest BCUT2D eigenvalue weighted by Gasteiger charge is 2.03. The standard InChI is InChI=1S/C10H14N4O2.HI/c1-11-10(12-2)13-7-8-3-5-9(6-4-8)14(15)16;/h3-6H,7H2,1-2H3,(H2,11,12,13);1H.